The first kappa shape index (κ1) is 10.6. The van der Waals surface area contributed by atoms with Crippen LogP contribution in [-0.4, -0.2) is 15.3 Å². The number of nitrogens with zero attached hydrogens (tertiary/aromatic N) is 2. The van der Waals surface area contributed by atoms with Gasteiger partial charge in [-0.3, -0.25) is 0 Å². The molecular formula is C10H18N2S. The summed E-state index contributed by atoms with van der Waals surface area (Å²) < 4.78 is 2.24. The van der Waals surface area contributed by atoms with Crippen LogP contribution >= 0.6 is 12.6 Å². The van der Waals surface area contributed by atoms with Crippen LogP contribution in [0.3, 0.4) is 0 Å². The minimum absolute atomic E-state index is 0.519. The number of thiol groups is 1. The lowest BCUT2D eigenvalue weighted by atomic mass is 10.2. The van der Waals surface area contributed by atoms with Crippen LogP contribution in [0.25, 0.3) is 0 Å². The van der Waals surface area contributed by atoms with Crippen molar-refractivity contribution in [3.8, 4) is 0 Å². The highest BCUT2D eigenvalue weighted by Gasteiger charge is 2.05. The number of hydrogen-bond acceptors (Lipinski definition) is 2. The van der Waals surface area contributed by atoms with Crippen LogP contribution in [0.4, 0.5) is 0 Å². The molecular weight excluding hydrogens is 180 g/mol. The van der Waals surface area contributed by atoms with Gasteiger partial charge in [0.2, 0.25) is 0 Å². The molecule has 0 unspecified atom stereocenters. The summed E-state index contributed by atoms with van der Waals surface area (Å²) in [5.41, 5.74) is 0. The molecule has 0 atom stereocenters. The number of hydrogen-bond donors (Lipinski definition) is 1. The van der Waals surface area contributed by atoms with Gasteiger partial charge < -0.3 is 4.57 Å². The van der Waals surface area contributed by atoms with Crippen LogP contribution in [0.15, 0.2) is 12.4 Å². The predicted molar refractivity (Wildman–Crippen MR) is 59.4 cm³/mol. The molecule has 0 saturated carbocycles. The van der Waals surface area contributed by atoms with E-state index in [-0.39, 0.29) is 0 Å². The Hall–Kier alpha value is -0.440. The molecule has 1 aromatic heterocycles. The minimum Gasteiger partial charge on any atom is -0.335 e. The Morgan fingerprint density at radius 2 is 2.23 bits per heavy atom. The summed E-state index contributed by atoms with van der Waals surface area (Å²) >= 11 is 4.19. The zero-order chi connectivity index (χ0) is 9.68. The molecule has 0 spiro atoms. The van der Waals surface area contributed by atoms with E-state index in [1.54, 1.807) is 0 Å². The molecule has 1 heterocycles. The number of imidazole rings is 1. The van der Waals surface area contributed by atoms with Gasteiger partial charge in [-0.25, -0.2) is 4.98 Å². The topological polar surface area (TPSA) is 17.8 Å². The molecule has 1 aromatic rings. The Morgan fingerprint density at radius 3 is 2.85 bits per heavy atom. The van der Waals surface area contributed by atoms with Crippen molar-refractivity contribution in [3.63, 3.8) is 0 Å². The normalized spacial score (nSPS) is 11.1. The summed E-state index contributed by atoms with van der Waals surface area (Å²) in [5, 5.41) is 0. The third kappa shape index (κ3) is 3.07. The van der Waals surface area contributed by atoms with E-state index in [0.717, 1.165) is 12.3 Å². The van der Waals surface area contributed by atoms with E-state index in [1.807, 2.05) is 6.20 Å². The highest BCUT2D eigenvalue weighted by Crippen LogP contribution is 2.12. The van der Waals surface area contributed by atoms with Gasteiger partial charge in [0.05, 0.1) is 0 Å². The largest absolute Gasteiger partial charge is 0.335 e. The van der Waals surface area contributed by atoms with Crippen LogP contribution in [0.2, 0.25) is 0 Å². The Morgan fingerprint density at radius 1 is 1.46 bits per heavy atom. The van der Waals surface area contributed by atoms with E-state index in [0.29, 0.717) is 5.92 Å². The zero-order valence-corrected chi connectivity index (χ0v) is 9.30. The summed E-state index contributed by atoms with van der Waals surface area (Å²) in [5.74, 6) is 2.69. The number of aromatic nitrogens is 2. The van der Waals surface area contributed by atoms with Crippen LogP contribution in [0.1, 0.15) is 38.4 Å². The van der Waals surface area contributed by atoms with E-state index in [1.165, 1.54) is 18.7 Å². The first-order valence-electron chi connectivity index (χ1n) is 4.87. The predicted octanol–water partition coefficient (Wildman–Crippen LogP) is 2.72. The van der Waals surface area contributed by atoms with Gasteiger partial charge in [0.15, 0.2) is 0 Å². The van der Waals surface area contributed by atoms with Crippen molar-refractivity contribution in [2.24, 2.45) is 0 Å². The molecule has 0 aliphatic heterocycles. The summed E-state index contributed by atoms with van der Waals surface area (Å²) in [6.45, 7) is 5.43. The molecule has 0 amide bonds. The molecule has 0 radical (unpaired) electrons. The highest BCUT2D eigenvalue weighted by atomic mass is 32.1. The maximum Gasteiger partial charge on any atom is 0.111 e. The van der Waals surface area contributed by atoms with Gasteiger partial charge in [-0.2, -0.15) is 12.6 Å². The first-order chi connectivity index (χ1) is 6.25. The van der Waals surface area contributed by atoms with Crippen LogP contribution < -0.4 is 0 Å². The van der Waals surface area contributed by atoms with Gasteiger partial charge in [-0.15, -0.1) is 0 Å². The lowest BCUT2D eigenvalue weighted by Gasteiger charge is -2.09. The standard InChI is InChI=1S/C10H18N2S/c1-9(2)10-11-5-7-12(10)6-3-4-8-13/h5,7,9,13H,3-4,6,8H2,1-2H3. The summed E-state index contributed by atoms with van der Waals surface area (Å²) in [4.78, 5) is 4.34. The quantitative estimate of drug-likeness (QED) is 0.569. The molecule has 0 fully saturated rings. The molecule has 2 nitrogen and oxygen atoms in total. The lowest BCUT2D eigenvalue weighted by molar-refractivity contribution is 0.585. The third-order valence-electron chi connectivity index (χ3n) is 2.07. The van der Waals surface area contributed by atoms with E-state index in [9.17, 15) is 0 Å². The van der Waals surface area contributed by atoms with Crippen LogP contribution in [-0.2, 0) is 6.54 Å². The number of aryl methyl sites for hydroxylation is 1. The molecule has 0 saturated heterocycles. The molecule has 0 aromatic carbocycles. The van der Waals surface area contributed by atoms with E-state index in [4.69, 9.17) is 0 Å². The van der Waals surface area contributed by atoms with Gasteiger partial charge in [0.25, 0.3) is 0 Å². The van der Waals surface area contributed by atoms with Gasteiger partial charge in [0.1, 0.15) is 5.82 Å². The molecule has 0 N–H and O–H groups in total. The van der Waals surface area contributed by atoms with Gasteiger partial charge >= 0.3 is 0 Å². The van der Waals surface area contributed by atoms with Gasteiger partial charge in [-0.05, 0) is 18.6 Å². The van der Waals surface area contributed by atoms with Crippen molar-refractivity contribution in [2.75, 3.05) is 5.75 Å². The molecule has 74 valence electrons. The van der Waals surface area contributed by atoms with Crippen molar-refractivity contribution in [3.05, 3.63) is 18.2 Å². The second-order valence-electron chi connectivity index (χ2n) is 3.56. The number of unbranched alkanes of at least 4 members (excludes halogenated alkanes) is 1. The molecule has 3 heteroatoms. The van der Waals surface area contributed by atoms with Crippen molar-refractivity contribution in [1.82, 2.24) is 9.55 Å². The van der Waals surface area contributed by atoms with Crippen molar-refractivity contribution in [2.45, 2.75) is 39.2 Å². The average Bonchev–Trinajstić information content (AvgIpc) is 2.53. The number of rotatable bonds is 5. The van der Waals surface area contributed by atoms with E-state index < -0.39 is 0 Å². The van der Waals surface area contributed by atoms with Crippen molar-refractivity contribution < 1.29 is 0 Å². The Balaban J connectivity index is 2.50. The van der Waals surface area contributed by atoms with Crippen molar-refractivity contribution >= 4 is 12.6 Å². The van der Waals surface area contributed by atoms with Crippen LogP contribution in [0, 0.1) is 0 Å². The third-order valence-corrected chi connectivity index (χ3v) is 2.39. The fourth-order valence-corrected chi connectivity index (χ4v) is 1.63. The summed E-state index contributed by atoms with van der Waals surface area (Å²) in [7, 11) is 0. The average molecular weight is 198 g/mol. The summed E-state index contributed by atoms with van der Waals surface area (Å²) in [6, 6.07) is 0. The lowest BCUT2D eigenvalue weighted by Crippen LogP contribution is -2.04. The zero-order valence-electron chi connectivity index (χ0n) is 8.40. The molecule has 0 aliphatic rings. The smallest absolute Gasteiger partial charge is 0.111 e. The maximum absolute atomic E-state index is 4.34. The second-order valence-corrected chi connectivity index (χ2v) is 4.01. The fraction of sp³-hybridized carbons (Fsp3) is 0.700. The highest BCUT2D eigenvalue weighted by molar-refractivity contribution is 7.80. The van der Waals surface area contributed by atoms with Gasteiger partial charge in [0, 0.05) is 24.9 Å². The second kappa shape index (κ2) is 5.32. The Kier molecular flexibility index (Phi) is 4.36. The van der Waals surface area contributed by atoms with Crippen molar-refractivity contribution in [1.29, 1.82) is 0 Å². The molecule has 1 rings (SSSR count). The molecule has 0 bridgehead atoms. The minimum atomic E-state index is 0.519. The van der Waals surface area contributed by atoms with E-state index >= 15 is 0 Å². The summed E-state index contributed by atoms with van der Waals surface area (Å²) in [6.07, 6.45) is 6.32. The Bertz CT molecular complexity index is 243. The van der Waals surface area contributed by atoms with Gasteiger partial charge in [-0.1, -0.05) is 13.8 Å². The Labute approximate surface area is 85.8 Å². The monoisotopic (exact) mass is 198 g/mol. The van der Waals surface area contributed by atoms with Crippen LogP contribution in [0.5, 0.6) is 0 Å². The fourth-order valence-electron chi connectivity index (χ4n) is 1.40. The maximum atomic E-state index is 4.34. The van der Waals surface area contributed by atoms with E-state index in [2.05, 4.69) is 42.2 Å². The molecule has 13 heavy (non-hydrogen) atoms. The SMILES string of the molecule is CC(C)c1nccn1CCCCS. The first-order valence-corrected chi connectivity index (χ1v) is 5.51. The molecule has 0 aliphatic carbocycles.